The first kappa shape index (κ1) is 15.6. The van der Waals surface area contributed by atoms with Gasteiger partial charge in [-0.15, -0.1) is 0 Å². The lowest BCUT2D eigenvalue weighted by atomic mass is 10.1. The van der Waals surface area contributed by atoms with Gasteiger partial charge in [0.05, 0.1) is 0 Å². The van der Waals surface area contributed by atoms with Crippen LogP contribution < -0.4 is 10.5 Å². The van der Waals surface area contributed by atoms with Crippen molar-refractivity contribution >= 4 is 10.0 Å². The summed E-state index contributed by atoms with van der Waals surface area (Å²) >= 11 is 0. The number of halogens is 1. The van der Waals surface area contributed by atoms with Crippen LogP contribution in [0.15, 0.2) is 29.3 Å². The van der Waals surface area contributed by atoms with Crippen molar-refractivity contribution in [1.82, 2.24) is 14.9 Å². The molecule has 114 valence electrons. The van der Waals surface area contributed by atoms with Crippen LogP contribution in [0.1, 0.15) is 29.8 Å². The molecular formula is C13H17FN4O2S. The Morgan fingerprint density at radius 1 is 1.38 bits per heavy atom. The van der Waals surface area contributed by atoms with Crippen molar-refractivity contribution in [2.45, 2.75) is 31.5 Å². The van der Waals surface area contributed by atoms with Gasteiger partial charge in [0.25, 0.3) is 10.0 Å². The van der Waals surface area contributed by atoms with Crippen LogP contribution in [-0.2, 0) is 16.6 Å². The molecule has 0 saturated heterocycles. The van der Waals surface area contributed by atoms with Crippen molar-refractivity contribution in [3.63, 3.8) is 0 Å². The lowest BCUT2D eigenvalue weighted by molar-refractivity contribution is 0.561. The molecule has 2 rings (SSSR count). The van der Waals surface area contributed by atoms with Crippen LogP contribution in [-0.4, -0.2) is 18.6 Å². The zero-order chi connectivity index (χ0) is 15.6. The van der Waals surface area contributed by atoms with Crippen LogP contribution in [0.25, 0.3) is 0 Å². The molecule has 0 radical (unpaired) electrons. The Balaban J connectivity index is 2.26. The quantitative estimate of drug-likeness (QED) is 0.776. The molecule has 0 aliphatic heterocycles. The van der Waals surface area contributed by atoms with E-state index in [0.29, 0.717) is 16.8 Å². The number of aromatic nitrogens is 2. The van der Waals surface area contributed by atoms with Crippen LogP contribution in [0.4, 0.5) is 4.39 Å². The van der Waals surface area contributed by atoms with Crippen molar-refractivity contribution in [2.75, 3.05) is 0 Å². The van der Waals surface area contributed by atoms with E-state index in [9.17, 15) is 12.8 Å². The third kappa shape index (κ3) is 3.29. The Kier molecular flexibility index (Phi) is 4.40. The maximum atomic E-state index is 12.9. The highest BCUT2D eigenvalue weighted by Gasteiger charge is 2.25. The van der Waals surface area contributed by atoms with Gasteiger partial charge in [-0.1, -0.05) is 12.1 Å². The number of H-pyrrole nitrogens is 1. The van der Waals surface area contributed by atoms with Crippen LogP contribution in [0.5, 0.6) is 0 Å². The van der Waals surface area contributed by atoms with E-state index in [1.807, 2.05) is 0 Å². The van der Waals surface area contributed by atoms with E-state index in [0.717, 1.165) is 0 Å². The SMILES string of the molecule is Cc1[nH]nc(S(=O)(=O)NC(C)c2ccc(F)cc2)c1CN. The summed E-state index contributed by atoms with van der Waals surface area (Å²) < 4.78 is 40.1. The van der Waals surface area contributed by atoms with Gasteiger partial charge in [-0.05, 0) is 31.5 Å². The Morgan fingerprint density at radius 3 is 2.57 bits per heavy atom. The third-order valence-corrected chi connectivity index (χ3v) is 4.71. The van der Waals surface area contributed by atoms with Gasteiger partial charge in [-0.3, -0.25) is 5.10 Å². The van der Waals surface area contributed by atoms with E-state index >= 15 is 0 Å². The molecule has 1 atom stereocenters. The number of hydrogen-bond donors (Lipinski definition) is 3. The van der Waals surface area contributed by atoms with Crippen LogP contribution in [0.3, 0.4) is 0 Å². The molecule has 2 aromatic rings. The standard InChI is InChI=1S/C13H17FN4O2S/c1-8(10-3-5-11(14)6-4-10)18-21(19,20)13-12(7-15)9(2)16-17-13/h3-6,8,18H,7,15H2,1-2H3,(H,16,17). The summed E-state index contributed by atoms with van der Waals surface area (Å²) in [5, 5.41) is 6.32. The Bertz CT molecular complexity index is 725. The zero-order valence-corrected chi connectivity index (χ0v) is 12.5. The van der Waals surface area contributed by atoms with Crippen molar-refractivity contribution in [1.29, 1.82) is 0 Å². The molecule has 1 aromatic heterocycles. The minimum atomic E-state index is -3.81. The number of sulfonamides is 1. The first-order chi connectivity index (χ1) is 9.85. The lowest BCUT2D eigenvalue weighted by Crippen LogP contribution is -2.28. The molecule has 0 saturated carbocycles. The van der Waals surface area contributed by atoms with E-state index in [4.69, 9.17) is 5.73 Å². The summed E-state index contributed by atoms with van der Waals surface area (Å²) in [6.45, 7) is 3.45. The first-order valence-corrected chi connectivity index (χ1v) is 7.85. The molecule has 0 aliphatic rings. The van der Waals surface area contributed by atoms with Gasteiger partial charge in [0.2, 0.25) is 0 Å². The molecule has 0 aliphatic carbocycles. The molecule has 1 unspecified atom stereocenters. The second kappa shape index (κ2) is 5.92. The summed E-state index contributed by atoms with van der Waals surface area (Å²) in [5.41, 5.74) is 7.28. The average molecular weight is 312 g/mol. The Hall–Kier alpha value is -1.77. The number of aromatic amines is 1. The monoisotopic (exact) mass is 312 g/mol. The predicted molar refractivity (Wildman–Crippen MR) is 76.4 cm³/mol. The Morgan fingerprint density at radius 2 is 2.00 bits per heavy atom. The van der Waals surface area contributed by atoms with E-state index in [1.165, 1.54) is 24.3 Å². The van der Waals surface area contributed by atoms with Gasteiger partial charge in [-0.2, -0.15) is 5.10 Å². The Labute approximate surface area is 122 Å². The van der Waals surface area contributed by atoms with E-state index < -0.39 is 16.1 Å². The largest absolute Gasteiger partial charge is 0.326 e. The fraction of sp³-hybridized carbons (Fsp3) is 0.308. The first-order valence-electron chi connectivity index (χ1n) is 6.37. The highest BCUT2D eigenvalue weighted by molar-refractivity contribution is 7.89. The van der Waals surface area contributed by atoms with Gasteiger partial charge >= 0.3 is 0 Å². The molecule has 21 heavy (non-hydrogen) atoms. The molecule has 0 fully saturated rings. The third-order valence-electron chi connectivity index (χ3n) is 3.20. The molecule has 4 N–H and O–H groups in total. The molecule has 0 amide bonds. The summed E-state index contributed by atoms with van der Waals surface area (Å²) in [7, 11) is -3.81. The minimum absolute atomic E-state index is 0.0729. The molecular weight excluding hydrogens is 295 g/mol. The summed E-state index contributed by atoms with van der Waals surface area (Å²) in [6, 6.07) is 5.11. The normalized spacial score (nSPS) is 13.3. The number of benzene rings is 1. The summed E-state index contributed by atoms with van der Waals surface area (Å²) in [5.74, 6) is -0.373. The van der Waals surface area contributed by atoms with Gasteiger partial charge in [0.15, 0.2) is 5.03 Å². The van der Waals surface area contributed by atoms with Crippen molar-refractivity contribution in [3.8, 4) is 0 Å². The van der Waals surface area contributed by atoms with E-state index in [-0.39, 0.29) is 17.4 Å². The fourth-order valence-corrected chi connectivity index (χ4v) is 3.44. The zero-order valence-electron chi connectivity index (χ0n) is 11.7. The van der Waals surface area contributed by atoms with Crippen molar-refractivity contribution in [2.24, 2.45) is 5.73 Å². The van der Waals surface area contributed by atoms with Crippen LogP contribution in [0.2, 0.25) is 0 Å². The molecule has 1 aromatic carbocycles. The number of nitrogens with two attached hydrogens (primary N) is 1. The number of nitrogens with one attached hydrogen (secondary N) is 2. The van der Waals surface area contributed by atoms with Gasteiger partial charge in [0, 0.05) is 23.8 Å². The molecule has 8 heteroatoms. The van der Waals surface area contributed by atoms with Gasteiger partial charge < -0.3 is 5.73 Å². The van der Waals surface area contributed by atoms with Gasteiger partial charge in [0.1, 0.15) is 5.82 Å². The number of hydrogen-bond acceptors (Lipinski definition) is 4. The van der Waals surface area contributed by atoms with E-state index in [1.54, 1.807) is 13.8 Å². The van der Waals surface area contributed by atoms with Crippen LogP contribution >= 0.6 is 0 Å². The fourth-order valence-electron chi connectivity index (χ4n) is 2.00. The second-order valence-electron chi connectivity index (χ2n) is 4.73. The molecule has 6 nitrogen and oxygen atoms in total. The van der Waals surface area contributed by atoms with Crippen molar-refractivity contribution < 1.29 is 12.8 Å². The average Bonchev–Trinajstić information content (AvgIpc) is 2.80. The summed E-state index contributed by atoms with van der Waals surface area (Å²) in [4.78, 5) is 0. The maximum absolute atomic E-state index is 12.9. The summed E-state index contributed by atoms with van der Waals surface area (Å²) in [6.07, 6.45) is 0. The molecule has 1 heterocycles. The maximum Gasteiger partial charge on any atom is 0.260 e. The minimum Gasteiger partial charge on any atom is -0.326 e. The smallest absolute Gasteiger partial charge is 0.260 e. The van der Waals surface area contributed by atoms with E-state index in [2.05, 4.69) is 14.9 Å². The highest BCUT2D eigenvalue weighted by Crippen LogP contribution is 2.19. The van der Waals surface area contributed by atoms with Crippen LogP contribution in [0, 0.1) is 12.7 Å². The number of nitrogens with zero attached hydrogens (tertiary/aromatic N) is 1. The molecule has 0 spiro atoms. The number of aryl methyl sites for hydroxylation is 1. The van der Waals surface area contributed by atoms with Gasteiger partial charge in [-0.25, -0.2) is 17.5 Å². The second-order valence-corrected chi connectivity index (χ2v) is 6.36. The number of rotatable bonds is 5. The predicted octanol–water partition coefficient (Wildman–Crippen LogP) is 1.36. The highest BCUT2D eigenvalue weighted by atomic mass is 32.2. The molecule has 0 bridgehead atoms. The lowest BCUT2D eigenvalue weighted by Gasteiger charge is -2.14. The van der Waals surface area contributed by atoms with Crippen molar-refractivity contribution in [3.05, 3.63) is 46.9 Å². The topological polar surface area (TPSA) is 101 Å².